The third kappa shape index (κ3) is 6.72. The summed E-state index contributed by atoms with van der Waals surface area (Å²) in [6.45, 7) is 4.19. The second-order valence-electron chi connectivity index (χ2n) is 9.78. The SMILES string of the molecule is O=C(O[C@H]1C[N+]2(CCSc3ccccc3F)CCC1CC2)N(Cc1ccc(F)cc1)c1ccccc1.[Br-]. The molecular weight excluding hydrogens is 558 g/mol. The molecule has 0 aromatic heterocycles. The molecule has 0 spiro atoms. The molecule has 0 aliphatic carbocycles. The van der Waals surface area contributed by atoms with Crippen molar-refractivity contribution in [2.75, 3.05) is 36.8 Å². The normalized spacial score (nSPS) is 22.2. The van der Waals surface area contributed by atoms with Crippen LogP contribution < -0.4 is 21.9 Å². The molecule has 0 N–H and O–H groups in total. The maximum absolute atomic E-state index is 14.0. The standard InChI is InChI=1S/C29H31F2N2O2S.BrH/c30-24-12-10-22(11-13-24)20-32(25-6-2-1-3-7-25)29(34)35-27-21-33(16-14-23(27)15-17-33)18-19-36-28-9-5-4-8-26(28)31;/h1-13,23,27H,14-21H2;1H/q+1;/p-1/t23?,27-,33?;/m0./s1. The van der Waals surface area contributed by atoms with Gasteiger partial charge in [0, 0.05) is 35.1 Å². The first-order valence-electron chi connectivity index (χ1n) is 12.5. The number of piperidine rings is 3. The van der Waals surface area contributed by atoms with Crippen molar-refractivity contribution in [3.8, 4) is 0 Å². The molecule has 1 amide bonds. The Morgan fingerprint density at radius 2 is 1.62 bits per heavy atom. The fraction of sp³-hybridized carbons (Fsp3) is 0.345. The number of quaternary nitrogens is 1. The molecule has 37 heavy (non-hydrogen) atoms. The highest BCUT2D eigenvalue weighted by Crippen LogP contribution is 2.37. The molecule has 3 aliphatic rings. The quantitative estimate of drug-likeness (QED) is 0.298. The van der Waals surface area contributed by atoms with Gasteiger partial charge >= 0.3 is 6.09 Å². The number of rotatable bonds is 8. The average molecular weight is 590 g/mol. The molecular formula is C29H31BrF2N2O2S. The van der Waals surface area contributed by atoms with Gasteiger partial charge in [-0.1, -0.05) is 42.5 Å². The van der Waals surface area contributed by atoms with Gasteiger partial charge in [-0.15, -0.1) is 11.8 Å². The molecule has 6 rings (SSSR count). The average Bonchev–Trinajstić information content (AvgIpc) is 2.90. The topological polar surface area (TPSA) is 29.5 Å². The van der Waals surface area contributed by atoms with E-state index in [4.69, 9.17) is 4.74 Å². The van der Waals surface area contributed by atoms with E-state index in [0.717, 1.165) is 60.5 Å². The minimum atomic E-state index is -0.372. The summed E-state index contributed by atoms with van der Waals surface area (Å²) in [5.74, 6) is 0.722. The Labute approximate surface area is 232 Å². The Morgan fingerprint density at radius 3 is 2.32 bits per heavy atom. The summed E-state index contributed by atoms with van der Waals surface area (Å²) >= 11 is 1.56. The van der Waals surface area contributed by atoms with Crippen molar-refractivity contribution in [3.05, 3.63) is 96.1 Å². The van der Waals surface area contributed by atoms with E-state index in [1.54, 1.807) is 34.9 Å². The van der Waals surface area contributed by atoms with Crippen molar-refractivity contribution in [1.29, 1.82) is 0 Å². The molecule has 3 aromatic carbocycles. The van der Waals surface area contributed by atoms with Gasteiger partial charge in [0.05, 0.1) is 26.2 Å². The Bertz CT molecular complexity index is 1170. The van der Waals surface area contributed by atoms with E-state index in [-0.39, 0.29) is 40.8 Å². The fourth-order valence-corrected chi connectivity index (χ4v) is 6.49. The van der Waals surface area contributed by atoms with Crippen LogP contribution in [-0.2, 0) is 11.3 Å². The number of para-hydroxylation sites is 1. The van der Waals surface area contributed by atoms with E-state index in [9.17, 15) is 13.6 Å². The summed E-state index contributed by atoms with van der Waals surface area (Å²) in [5, 5.41) is 0. The van der Waals surface area contributed by atoms with Gasteiger partial charge in [-0.05, 0) is 42.0 Å². The number of anilines is 1. The molecule has 1 atom stereocenters. The summed E-state index contributed by atoms with van der Waals surface area (Å²) in [5.41, 5.74) is 1.58. The van der Waals surface area contributed by atoms with Crippen LogP contribution in [-0.4, -0.2) is 48.6 Å². The third-order valence-corrected chi connectivity index (χ3v) is 8.52. The number of benzene rings is 3. The predicted octanol–water partition coefficient (Wildman–Crippen LogP) is 3.51. The molecule has 3 saturated heterocycles. The predicted molar refractivity (Wildman–Crippen MR) is 139 cm³/mol. The first kappa shape index (κ1) is 27.6. The molecule has 3 aromatic rings. The Morgan fingerprint density at radius 1 is 0.946 bits per heavy atom. The fourth-order valence-electron chi connectivity index (χ4n) is 5.41. The minimum Gasteiger partial charge on any atom is -1.00 e. The monoisotopic (exact) mass is 588 g/mol. The third-order valence-electron chi connectivity index (χ3n) is 7.50. The molecule has 0 unspecified atom stereocenters. The number of thioether (sulfide) groups is 1. The zero-order valence-corrected chi connectivity index (χ0v) is 23.0. The number of nitrogens with zero attached hydrogens (tertiary/aromatic N) is 2. The number of ether oxygens (including phenoxy) is 1. The number of halogens is 3. The Balaban J connectivity index is 0.00000320. The van der Waals surface area contributed by atoms with Crippen LogP contribution in [0.4, 0.5) is 19.3 Å². The first-order chi connectivity index (χ1) is 17.5. The summed E-state index contributed by atoms with van der Waals surface area (Å²) in [6.07, 6.45) is 1.55. The number of hydrogen-bond donors (Lipinski definition) is 0. The van der Waals surface area contributed by atoms with Gasteiger partial charge in [-0.3, -0.25) is 4.90 Å². The smallest absolute Gasteiger partial charge is 0.415 e. The van der Waals surface area contributed by atoms with E-state index in [1.165, 1.54) is 18.2 Å². The van der Waals surface area contributed by atoms with Gasteiger partial charge < -0.3 is 26.2 Å². The lowest BCUT2D eigenvalue weighted by Crippen LogP contribution is -3.00. The summed E-state index contributed by atoms with van der Waals surface area (Å²) in [6, 6.07) is 22.6. The van der Waals surface area contributed by atoms with Crippen molar-refractivity contribution >= 4 is 23.5 Å². The molecule has 0 radical (unpaired) electrons. The molecule has 196 valence electrons. The lowest BCUT2D eigenvalue weighted by Gasteiger charge is -2.52. The van der Waals surface area contributed by atoms with Gasteiger partial charge in [0.2, 0.25) is 0 Å². The Kier molecular flexibility index (Phi) is 9.27. The van der Waals surface area contributed by atoms with Crippen molar-refractivity contribution in [3.63, 3.8) is 0 Å². The molecule has 3 fully saturated rings. The zero-order valence-electron chi connectivity index (χ0n) is 20.6. The van der Waals surface area contributed by atoms with Crippen LogP contribution in [0.25, 0.3) is 0 Å². The van der Waals surface area contributed by atoms with Crippen molar-refractivity contribution in [1.82, 2.24) is 0 Å². The van der Waals surface area contributed by atoms with Gasteiger partial charge in [-0.25, -0.2) is 13.6 Å². The molecule has 3 heterocycles. The highest BCUT2D eigenvalue weighted by Gasteiger charge is 2.47. The van der Waals surface area contributed by atoms with Crippen LogP contribution in [0.2, 0.25) is 0 Å². The molecule has 2 bridgehead atoms. The van der Waals surface area contributed by atoms with E-state index in [1.807, 2.05) is 42.5 Å². The number of fused-ring (bicyclic) bond motifs is 3. The van der Waals surface area contributed by atoms with Gasteiger partial charge in [-0.2, -0.15) is 0 Å². The highest BCUT2D eigenvalue weighted by atomic mass is 79.9. The first-order valence-corrected chi connectivity index (χ1v) is 13.5. The summed E-state index contributed by atoms with van der Waals surface area (Å²) in [7, 11) is 0. The number of carbonyl (C=O) groups excluding carboxylic acids is 1. The summed E-state index contributed by atoms with van der Waals surface area (Å²) in [4.78, 5) is 15.8. The maximum Gasteiger partial charge on any atom is 0.415 e. The van der Waals surface area contributed by atoms with Crippen molar-refractivity contribution in [2.24, 2.45) is 5.92 Å². The lowest BCUT2D eigenvalue weighted by molar-refractivity contribution is -0.943. The van der Waals surface area contributed by atoms with Crippen LogP contribution in [0.3, 0.4) is 0 Å². The second-order valence-corrected chi connectivity index (χ2v) is 10.9. The number of hydrogen-bond acceptors (Lipinski definition) is 3. The van der Waals surface area contributed by atoms with Crippen molar-refractivity contribution in [2.45, 2.75) is 30.4 Å². The van der Waals surface area contributed by atoms with E-state index in [2.05, 4.69) is 0 Å². The van der Waals surface area contributed by atoms with Crippen LogP contribution in [0, 0.1) is 17.6 Å². The van der Waals surface area contributed by atoms with Gasteiger partial charge in [0.15, 0.2) is 6.10 Å². The Hall–Kier alpha value is -2.42. The van der Waals surface area contributed by atoms with Gasteiger partial charge in [0.25, 0.3) is 0 Å². The minimum absolute atomic E-state index is 0. The van der Waals surface area contributed by atoms with Crippen LogP contribution in [0.5, 0.6) is 0 Å². The molecule has 0 saturated carbocycles. The van der Waals surface area contributed by atoms with Crippen LogP contribution >= 0.6 is 11.8 Å². The van der Waals surface area contributed by atoms with Crippen LogP contribution in [0.1, 0.15) is 18.4 Å². The molecule has 4 nitrogen and oxygen atoms in total. The highest BCUT2D eigenvalue weighted by molar-refractivity contribution is 7.99. The molecule has 3 aliphatic heterocycles. The lowest BCUT2D eigenvalue weighted by atomic mass is 9.83. The zero-order chi connectivity index (χ0) is 25.0. The number of carbonyl (C=O) groups is 1. The second kappa shape index (κ2) is 12.4. The van der Waals surface area contributed by atoms with Gasteiger partial charge in [0.1, 0.15) is 18.2 Å². The van der Waals surface area contributed by atoms with E-state index >= 15 is 0 Å². The summed E-state index contributed by atoms with van der Waals surface area (Å²) < 4.78 is 34.5. The molecule has 8 heteroatoms. The van der Waals surface area contributed by atoms with Crippen LogP contribution in [0.15, 0.2) is 83.8 Å². The number of amides is 1. The van der Waals surface area contributed by atoms with Crippen molar-refractivity contribution < 1.29 is 39.8 Å². The largest absolute Gasteiger partial charge is 1.00 e. The maximum atomic E-state index is 14.0. The van der Waals surface area contributed by atoms with E-state index < -0.39 is 0 Å². The van der Waals surface area contributed by atoms with E-state index in [0.29, 0.717) is 17.4 Å².